The molecule has 0 aliphatic heterocycles. The maximum absolute atomic E-state index is 4.43. The van der Waals surface area contributed by atoms with Crippen molar-refractivity contribution in [1.29, 1.82) is 0 Å². The minimum atomic E-state index is 0.178. The van der Waals surface area contributed by atoms with Gasteiger partial charge >= 0.3 is 0 Å². The van der Waals surface area contributed by atoms with E-state index in [1.807, 2.05) is 48.1 Å². The van der Waals surface area contributed by atoms with Crippen LogP contribution >= 0.6 is 0 Å². The molecule has 0 aliphatic rings. The van der Waals surface area contributed by atoms with Gasteiger partial charge in [0.15, 0.2) is 0 Å². The van der Waals surface area contributed by atoms with Gasteiger partial charge in [0, 0.05) is 11.8 Å². The molecule has 0 radical (unpaired) electrons. The minimum absolute atomic E-state index is 0.178. The van der Waals surface area contributed by atoms with Crippen molar-refractivity contribution in [2.24, 2.45) is 0 Å². The fourth-order valence-corrected chi connectivity index (χ4v) is 2.07. The molecule has 0 aliphatic carbocycles. The molecule has 0 bridgehead atoms. The summed E-state index contributed by atoms with van der Waals surface area (Å²) in [4.78, 5) is 0. The van der Waals surface area contributed by atoms with Crippen molar-refractivity contribution in [3.05, 3.63) is 60.4 Å². The number of nitrogens with one attached hydrogen (secondary N) is 1. The van der Waals surface area contributed by atoms with Gasteiger partial charge in [0.1, 0.15) is 0 Å². The van der Waals surface area contributed by atoms with E-state index in [0.717, 1.165) is 29.8 Å². The first kappa shape index (κ1) is 13.6. The van der Waals surface area contributed by atoms with Crippen LogP contribution in [0.15, 0.2) is 54.9 Å². The van der Waals surface area contributed by atoms with Gasteiger partial charge in [0.05, 0.1) is 17.9 Å². The highest BCUT2D eigenvalue weighted by Gasteiger charge is 2.13. The average Bonchev–Trinajstić information content (AvgIpc) is 2.89. The molecule has 1 atom stereocenters. The van der Waals surface area contributed by atoms with E-state index in [0.29, 0.717) is 0 Å². The number of benzene rings is 1. The predicted molar refractivity (Wildman–Crippen MR) is 79.4 cm³/mol. The third kappa shape index (κ3) is 3.32. The molecule has 100 valence electrons. The van der Waals surface area contributed by atoms with Gasteiger partial charge in [-0.25, -0.2) is 4.68 Å². The summed E-state index contributed by atoms with van der Waals surface area (Å²) in [6.45, 7) is 9.26. The maximum atomic E-state index is 4.43. The van der Waals surface area contributed by atoms with Gasteiger partial charge in [-0.05, 0) is 32.0 Å². The average molecular weight is 255 g/mol. The number of nitrogens with zero attached hydrogens (tertiary/aromatic N) is 2. The van der Waals surface area contributed by atoms with Crippen LogP contribution in [0.2, 0.25) is 0 Å². The van der Waals surface area contributed by atoms with Crippen LogP contribution < -0.4 is 5.32 Å². The number of hydrogen-bond acceptors (Lipinski definition) is 2. The molecule has 1 heterocycles. The Hall–Kier alpha value is -1.87. The summed E-state index contributed by atoms with van der Waals surface area (Å²) < 4.78 is 1.90. The molecule has 0 fully saturated rings. The van der Waals surface area contributed by atoms with E-state index < -0.39 is 0 Å². The molecule has 0 spiro atoms. The van der Waals surface area contributed by atoms with E-state index in [2.05, 4.69) is 30.1 Å². The van der Waals surface area contributed by atoms with Crippen molar-refractivity contribution in [3.63, 3.8) is 0 Å². The summed E-state index contributed by atoms with van der Waals surface area (Å²) in [5, 5.41) is 7.93. The molecule has 0 saturated carbocycles. The lowest BCUT2D eigenvalue weighted by molar-refractivity contribution is 0.591. The summed E-state index contributed by atoms with van der Waals surface area (Å²) in [5.41, 5.74) is 3.34. The summed E-state index contributed by atoms with van der Waals surface area (Å²) >= 11 is 0. The number of para-hydroxylation sites is 1. The first-order chi connectivity index (χ1) is 9.22. The topological polar surface area (TPSA) is 29.9 Å². The molecule has 3 nitrogen and oxygen atoms in total. The lowest BCUT2D eigenvalue weighted by Crippen LogP contribution is -2.22. The van der Waals surface area contributed by atoms with Gasteiger partial charge in [0.2, 0.25) is 0 Å². The zero-order chi connectivity index (χ0) is 13.7. The van der Waals surface area contributed by atoms with E-state index in [4.69, 9.17) is 0 Å². The van der Waals surface area contributed by atoms with Crippen LogP contribution in [0.4, 0.5) is 0 Å². The van der Waals surface area contributed by atoms with Crippen molar-refractivity contribution >= 4 is 0 Å². The predicted octanol–water partition coefficient (Wildman–Crippen LogP) is 3.49. The van der Waals surface area contributed by atoms with E-state index in [1.54, 1.807) is 0 Å². The Balaban J connectivity index is 2.21. The van der Waals surface area contributed by atoms with Crippen molar-refractivity contribution in [2.45, 2.75) is 26.3 Å². The standard InChI is InChI=1S/C16H21N3/c1-4-10-17-16(13(2)3)14-11-18-19(12-14)15-8-6-5-7-9-15/h5-9,11-12,16-17H,2,4,10H2,1,3H3. The Kier molecular flexibility index (Phi) is 4.53. The molecule has 1 aromatic carbocycles. The van der Waals surface area contributed by atoms with E-state index in [-0.39, 0.29) is 6.04 Å². The molecule has 3 heteroatoms. The Bertz CT molecular complexity index is 528. The van der Waals surface area contributed by atoms with Gasteiger partial charge in [0.25, 0.3) is 0 Å². The second-order valence-corrected chi connectivity index (χ2v) is 4.79. The quantitative estimate of drug-likeness (QED) is 0.801. The minimum Gasteiger partial charge on any atom is -0.306 e. The van der Waals surface area contributed by atoms with Crippen LogP contribution in [0.3, 0.4) is 0 Å². The van der Waals surface area contributed by atoms with Crippen molar-refractivity contribution < 1.29 is 0 Å². The van der Waals surface area contributed by atoms with Crippen LogP contribution in [0, 0.1) is 0 Å². The normalized spacial score (nSPS) is 12.3. The highest BCUT2D eigenvalue weighted by molar-refractivity contribution is 5.32. The monoisotopic (exact) mass is 255 g/mol. The summed E-state index contributed by atoms with van der Waals surface area (Å²) in [6, 6.07) is 10.3. The second kappa shape index (κ2) is 6.34. The summed E-state index contributed by atoms with van der Waals surface area (Å²) in [7, 11) is 0. The third-order valence-electron chi connectivity index (χ3n) is 3.05. The zero-order valence-electron chi connectivity index (χ0n) is 11.6. The van der Waals surface area contributed by atoms with Crippen LogP contribution in [0.5, 0.6) is 0 Å². The maximum Gasteiger partial charge on any atom is 0.0645 e. The molecular formula is C16H21N3. The van der Waals surface area contributed by atoms with E-state index in [1.165, 1.54) is 0 Å². The lowest BCUT2D eigenvalue weighted by Gasteiger charge is -2.16. The Morgan fingerprint density at radius 2 is 2.11 bits per heavy atom. The Labute approximate surface area is 115 Å². The number of rotatable bonds is 6. The van der Waals surface area contributed by atoms with Crippen LogP contribution in [0.1, 0.15) is 31.9 Å². The van der Waals surface area contributed by atoms with Crippen LogP contribution in [-0.4, -0.2) is 16.3 Å². The largest absolute Gasteiger partial charge is 0.306 e. The molecule has 1 aromatic heterocycles. The van der Waals surface area contributed by atoms with Gasteiger partial charge in [-0.15, -0.1) is 0 Å². The zero-order valence-corrected chi connectivity index (χ0v) is 11.6. The van der Waals surface area contributed by atoms with Crippen LogP contribution in [0.25, 0.3) is 5.69 Å². The first-order valence-electron chi connectivity index (χ1n) is 6.71. The number of aromatic nitrogens is 2. The lowest BCUT2D eigenvalue weighted by atomic mass is 10.0. The molecule has 1 N–H and O–H groups in total. The third-order valence-corrected chi connectivity index (χ3v) is 3.05. The van der Waals surface area contributed by atoms with Crippen LogP contribution in [-0.2, 0) is 0 Å². The fraction of sp³-hybridized carbons (Fsp3) is 0.312. The summed E-state index contributed by atoms with van der Waals surface area (Å²) in [6.07, 6.45) is 5.09. The van der Waals surface area contributed by atoms with Crippen molar-refractivity contribution in [3.8, 4) is 5.69 Å². The molecule has 1 unspecified atom stereocenters. The summed E-state index contributed by atoms with van der Waals surface area (Å²) in [5.74, 6) is 0. The van der Waals surface area contributed by atoms with Gasteiger partial charge in [-0.1, -0.05) is 37.3 Å². The second-order valence-electron chi connectivity index (χ2n) is 4.79. The van der Waals surface area contributed by atoms with E-state index in [9.17, 15) is 0 Å². The Morgan fingerprint density at radius 3 is 2.74 bits per heavy atom. The fourth-order valence-electron chi connectivity index (χ4n) is 2.07. The van der Waals surface area contributed by atoms with Crippen molar-refractivity contribution in [1.82, 2.24) is 15.1 Å². The molecule has 0 amide bonds. The van der Waals surface area contributed by atoms with Gasteiger partial charge < -0.3 is 5.32 Å². The molecule has 2 rings (SSSR count). The van der Waals surface area contributed by atoms with Gasteiger partial charge in [-0.2, -0.15) is 5.10 Å². The SMILES string of the molecule is C=C(C)C(NCCC)c1cnn(-c2ccccc2)c1. The van der Waals surface area contributed by atoms with Crippen molar-refractivity contribution in [2.75, 3.05) is 6.54 Å². The first-order valence-corrected chi connectivity index (χ1v) is 6.71. The van der Waals surface area contributed by atoms with E-state index >= 15 is 0 Å². The Morgan fingerprint density at radius 1 is 1.37 bits per heavy atom. The number of hydrogen-bond donors (Lipinski definition) is 1. The highest BCUT2D eigenvalue weighted by Crippen LogP contribution is 2.20. The highest BCUT2D eigenvalue weighted by atomic mass is 15.3. The molecular weight excluding hydrogens is 234 g/mol. The smallest absolute Gasteiger partial charge is 0.0645 e. The molecule has 19 heavy (non-hydrogen) atoms. The van der Waals surface area contributed by atoms with Gasteiger partial charge in [-0.3, -0.25) is 0 Å². The molecule has 2 aromatic rings. The molecule has 0 saturated heterocycles.